The van der Waals surface area contributed by atoms with Gasteiger partial charge in [-0.15, -0.1) is 0 Å². The quantitative estimate of drug-likeness (QED) is 0.690. The fraction of sp³-hybridized carbons (Fsp3) is 0.333. The monoisotopic (exact) mass is 431 g/mol. The van der Waals surface area contributed by atoms with Gasteiger partial charge in [-0.1, -0.05) is 15.9 Å². The Labute approximate surface area is 163 Å². The summed E-state index contributed by atoms with van der Waals surface area (Å²) in [6.45, 7) is 1.62. The molecule has 2 amide bonds. The molecule has 9 heteroatoms. The highest BCUT2D eigenvalue weighted by molar-refractivity contribution is 9.10. The maximum absolute atomic E-state index is 12.8. The first-order valence-electron chi connectivity index (χ1n) is 8.77. The van der Waals surface area contributed by atoms with Crippen LogP contribution in [0.25, 0.3) is 0 Å². The average Bonchev–Trinajstić information content (AvgIpc) is 3.17. The third-order valence-electron chi connectivity index (χ3n) is 4.77. The molecule has 0 spiro atoms. The van der Waals surface area contributed by atoms with Crippen molar-refractivity contribution in [3.05, 3.63) is 44.7 Å². The Morgan fingerprint density at radius 2 is 1.89 bits per heavy atom. The van der Waals surface area contributed by atoms with E-state index in [1.54, 1.807) is 24.3 Å². The van der Waals surface area contributed by atoms with Crippen LogP contribution in [-0.2, 0) is 9.59 Å². The molecule has 140 valence electrons. The van der Waals surface area contributed by atoms with Crippen molar-refractivity contribution in [3.63, 3.8) is 0 Å². The van der Waals surface area contributed by atoms with Gasteiger partial charge in [-0.25, -0.2) is 0 Å². The summed E-state index contributed by atoms with van der Waals surface area (Å²) in [5, 5.41) is 5.40. The second-order valence-electron chi connectivity index (χ2n) is 6.65. The highest BCUT2D eigenvalue weighted by atomic mass is 79.9. The number of nitrogens with zero attached hydrogens (tertiary/aromatic N) is 2. The maximum atomic E-state index is 12.8. The molecule has 1 fully saturated rings. The third-order valence-corrected chi connectivity index (χ3v) is 5.30. The molecule has 2 aliphatic rings. The van der Waals surface area contributed by atoms with Crippen molar-refractivity contribution >= 4 is 45.2 Å². The number of aromatic amines is 1. The Bertz CT molecular complexity index is 950. The maximum Gasteiger partial charge on any atom is 0.258 e. The SMILES string of the molecule is O=C1C[C@@H](C(=O)Nc2ccc(Br)cc2)c2c(nc(N3CCCC3)[nH]c2=O)N1. The number of rotatable bonds is 3. The normalized spacial score (nSPS) is 18.8. The largest absolute Gasteiger partial charge is 0.342 e. The predicted molar refractivity (Wildman–Crippen MR) is 105 cm³/mol. The van der Waals surface area contributed by atoms with Gasteiger partial charge in [-0.3, -0.25) is 19.4 Å². The number of hydrogen-bond donors (Lipinski definition) is 3. The lowest BCUT2D eigenvalue weighted by atomic mass is 9.92. The van der Waals surface area contributed by atoms with Crippen molar-refractivity contribution in [1.29, 1.82) is 0 Å². The van der Waals surface area contributed by atoms with Crippen LogP contribution in [0.2, 0.25) is 0 Å². The molecule has 2 aromatic rings. The second kappa shape index (κ2) is 7.15. The lowest BCUT2D eigenvalue weighted by Crippen LogP contribution is -2.37. The van der Waals surface area contributed by atoms with E-state index in [4.69, 9.17) is 0 Å². The predicted octanol–water partition coefficient (Wildman–Crippen LogP) is 2.20. The summed E-state index contributed by atoms with van der Waals surface area (Å²) in [5.74, 6) is -1.02. The lowest BCUT2D eigenvalue weighted by Gasteiger charge is -2.25. The molecule has 3 heterocycles. The van der Waals surface area contributed by atoms with Crippen molar-refractivity contribution in [2.45, 2.75) is 25.2 Å². The molecule has 8 nitrogen and oxygen atoms in total. The molecule has 1 atom stereocenters. The third kappa shape index (κ3) is 3.59. The summed E-state index contributed by atoms with van der Waals surface area (Å²) in [6, 6.07) is 7.08. The van der Waals surface area contributed by atoms with E-state index in [0.717, 1.165) is 30.4 Å². The number of amides is 2. The van der Waals surface area contributed by atoms with E-state index in [2.05, 4.69) is 36.5 Å². The molecule has 0 aliphatic carbocycles. The summed E-state index contributed by atoms with van der Waals surface area (Å²) in [5.41, 5.74) is 0.402. The first-order valence-corrected chi connectivity index (χ1v) is 9.56. The van der Waals surface area contributed by atoms with Gasteiger partial charge in [0.25, 0.3) is 5.56 Å². The van der Waals surface area contributed by atoms with Gasteiger partial charge >= 0.3 is 0 Å². The zero-order valence-corrected chi connectivity index (χ0v) is 16.0. The van der Waals surface area contributed by atoms with Gasteiger partial charge in [0.15, 0.2) is 0 Å². The Morgan fingerprint density at radius 3 is 2.59 bits per heavy atom. The molecule has 1 saturated heterocycles. The van der Waals surface area contributed by atoms with Crippen LogP contribution in [0, 0.1) is 0 Å². The van der Waals surface area contributed by atoms with Crippen LogP contribution in [0.3, 0.4) is 0 Å². The number of nitrogens with one attached hydrogen (secondary N) is 3. The molecule has 1 aromatic heterocycles. The van der Waals surface area contributed by atoms with E-state index in [0.29, 0.717) is 11.6 Å². The zero-order valence-electron chi connectivity index (χ0n) is 14.4. The molecule has 0 unspecified atom stereocenters. The zero-order chi connectivity index (χ0) is 19.0. The Balaban J connectivity index is 1.65. The van der Waals surface area contributed by atoms with Crippen molar-refractivity contribution < 1.29 is 9.59 Å². The Kier molecular flexibility index (Phi) is 4.69. The fourth-order valence-electron chi connectivity index (χ4n) is 3.42. The number of carbonyl (C=O) groups excluding carboxylic acids is 2. The van der Waals surface area contributed by atoms with Gasteiger partial charge in [0.2, 0.25) is 17.8 Å². The summed E-state index contributed by atoms with van der Waals surface area (Å²) >= 11 is 3.34. The van der Waals surface area contributed by atoms with Crippen LogP contribution in [0.4, 0.5) is 17.5 Å². The molecule has 1 aromatic carbocycles. The van der Waals surface area contributed by atoms with Gasteiger partial charge in [0.05, 0.1) is 11.5 Å². The van der Waals surface area contributed by atoms with Crippen molar-refractivity contribution in [2.24, 2.45) is 0 Å². The van der Waals surface area contributed by atoms with Crippen LogP contribution in [0.15, 0.2) is 33.5 Å². The minimum atomic E-state index is -0.888. The van der Waals surface area contributed by atoms with Crippen LogP contribution in [0.1, 0.15) is 30.7 Å². The molecule has 0 radical (unpaired) electrons. The standard InChI is InChI=1S/C18H18BrN5O3/c19-10-3-5-11(6-4-10)20-16(26)12-9-13(25)21-15-14(12)17(27)23-18(22-15)24-7-1-2-8-24/h3-6,12H,1-2,7-9H2,(H,20,26)(H2,21,22,23,25,27)/t12-/m1/s1. The van der Waals surface area contributed by atoms with E-state index in [-0.39, 0.29) is 23.7 Å². The molecule has 0 bridgehead atoms. The highest BCUT2D eigenvalue weighted by Crippen LogP contribution is 2.30. The van der Waals surface area contributed by atoms with Crippen molar-refractivity contribution in [2.75, 3.05) is 28.6 Å². The highest BCUT2D eigenvalue weighted by Gasteiger charge is 2.35. The van der Waals surface area contributed by atoms with Crippen LogP contribution >= 0.6 is 15.9 Å². The molecular weight excluding hydrogens is 414 g/mol. The summed E-state index contributed by atoms with van der Waals surface area (Å²) in [7, 11) is 0. The van der Waals surface area contributed by atoms with Gasteiger partial charge in [-0.05, 0) is 37.1 Å². The van der Waals surface area contributed by atoms with Crippen LogP contribution in [0.5, 0.6) is 0 Å². The van der Waals surface area contributed by atoms with E-state index in [9.17, 15) is 14.4 Å². The van der Waals surface area contributed by atoms with Crippen molar-refractivity contribution in [3.8, 4) is 0 Å². The van der Waals surface area contributed by atoms with Crippen LogP contribution < -0.4 is 21.1 Å². The van der Waals surface area contributed by atoms with Gasteiger partial charge in [-0.2, -0.15) is 4.98 Å². The molecule has 4 rings (SSSR count). The number of H-pyrrole nitrogens is 1. The Morgan fingerprint density at radius 1 is 1.19 bits per heavy atom. The lowest BCUT2D eigenvalue weighted by molar-refractivity contribution is -0.123. The molecule has 27 heavy (non-hydrogen) atoms. The average molecular weight is 432 g/mol. The number of halogens is 1. The first-order chi connectivity index (χ1) is 13.0. The molecule has 2 aliphatic heterocycles. The summed E-state index contributed by atoms with van der Waals surface area (Å²) in [6.07, 6.45) is 1.97. The van der Waals surface area contributed by atoms with Gasteiger partial charge < -0.3 is 15.5 Å². The number of benzene rings is 1. The topological polar surface area (TPSA) is 107 Å². The number of anilines is 3. The number of hydrogen-bond acceptors (Lipinski definition) is 5. The van der Waals surface area contributed by atoms with Gasteiger partial charge in [0.1, 0.15) is 5.82 Å². The van der Waals surface area contributed by atoms with E-state index < -0.39 is 17.4 Å². The van der Waals surface area contributed by atoms with Crippen LogP contribution in [-0.4, -0.2) is 34.9 Å². The minimum Gasteiger partial charge on any atom is -0.342 e. The van der Waals surface area contributed by atoms with E-state index >= 15 is 0 Å². The van der Waals surface area contributed by atoms with E-state index in [1.165, 1.54) is 0 Å². The summed E-state index contributed by atoms with van der Waals surface area (Å²) < 4.78 is 0.887. The Hall–Kier alpha value is -2.68. The molecule has 3 N–H and O–H groups in total. The van der Waals surface area contributed by atoms with Crippen molar-refractivity contribution in [1.82, 2.24) is 9.97 Å². The minimum absolute atomic E-state index is 0.0941. The second-order valence-corrected chi connectivity index (χ2v) is 7.56. The number of carbonyl (C=O) groups is 2. The molecule has 0 saturated carbocycles. The number of aromatic nitrogens is 2. The summed E-state index contributed by atoms with van der Waals surface area (Å²) in [4.78, 5) is 46.7. The first kappa shape index (κ1) is 17.7. The van der Waals surface area contributed by atoms with Gasteiger partial charge in [0, 0.05) is 29.7 Å². The number of fused-ring (bicyclic) bond motifs is 1. The van der Waals surface area contributed by atoms with E-state index in [1.807, 2.05) is 4.90 Å². The fourth-order valence-corrected chi connectivity index (χ4v) is 3.69. The molecular formula is C18H18BrN5O3. The smallest absolute Gasteiger partial charge is 0.258 e.